The standard InChI is InChI=1S/C13H20N4O2/c1-9(2)13-14-10(7-11(18)15-13)17-6-4-5-16(3)12(19)8-17/h7,9H,4-6,8H2,1-3H3,(H,14,15,18). The van der Waals surface area contributed by atoms with Gasteiger partial charge >= 0.3 is 0 Å². The van der Waals surface area contributed by atoms with Crippen LogP contribution in [-0.4, -0.2) is 47.5 Å². The molecule has 1 aromatic rings. The molecule has 1 fully saturated rings. The number of H-pyrrole nitrogens is 1. The van der Waals surface area contributed by atoms with Crippen LogP contribution in [0.15, 0.2) is 10.9 Å². The van der Waals surface area contributed by atoms with Gasteiger partial charge in [-0.25, -0.2) is 4.98 Å². The van der Waals surface area contributed by atoms with Crippen molar-refractivity contribution in [2.45, 2.75) is 26.2 Å². The summed E-state index contributed by atoms with van der Waals surface area (Å²) in [5.74, 6) is 1.47. The molecule has 0 bridgehead atoms. The monoisotopic (exact) mass is 264 g/mol. The van der Waals surface area contributed by atoms with Gasteiger partial charge in [-0.3, -0.25) is 9.59 Å². The number of aromatic nitrogens is 2. The van der Waals surface area contributed by atoms with E-state index in [0.717, 1.165) is 19.5 Å². The Hall–Kier alpha value is -1.85. The van der Waals surface area contributed by atoms with Crippen LogP contribution in [0.25, 0.3) is 0 Å². The highest BCUT2D eigenvalue weighted by atomic mass is 16.2. The number of aromatic amines is 1. The molecule has 1 saturated heterocycles. The highest BCUT2D eigenvalue weighted by Crippen LogP contribution is 2.15. The molecular formula is C13H20N4O2. The zero-order chi connectivity index (χ0) is 14.0. The molecule has 0 aliphatic carbocycles. The van der Waals surface area contributed by atoms with Crippen molar-refractivity contribution >= 4 is 11.7 Å². The van der Waals surface area contributed by atoms with Crippen molar-refractivity contribution in [2.24, 2.45) is 0 Å². The summed E-state index contributed by atoms with van der Waals surface area (Å²) >= 11 is 0. The predicted octanol–water partition coefficient (Wildman–Crippen LogP) is 0.562. The molecule has 1 N–H and O–H groups in total. The largest absolute Gasteiger partial charge is 0.347 e. The number of carbonyl (C=O) groups is 1. The zero-order valence-electron chi connectivity index (χ0n) is 11.6. The van der Waals surface area contributed by atoms with Gasteiger partial charge in [0, 0.05) is 32.1 Å². The second kappa shape index (κ2) is 5.42. The fourth-order valence-electron chi connectivity index (χ4n) is 2.08. The second-order valence-corrected chi connectivity index (χ2v) is 5.23. The van der Waals surface area contributed by atoms with E-state index in [0.29, 0.717) is 11.6 Å². The van der Waals surface area contributed by atoms with Crippen molar-refractivity contribution in [3.63, 3.8) is 0 Å². The number of hydrogen-bond acceptors (Lipinski definition) is 4. The molecule has 19 heavy (non-hydrogen) atoms. The van der Waals surface area contributed by atoms with Gasteiger partial charge in [0.05, 0.1) is 6.54 Å². The van der Waals surface area contributed by atoms with Crippen molar-refractivity contribution in [3.8, 4) is 0 Å². The highest BCUT2D eigenvalue weighted by Gasteiger charge is 2.20. The zero-order valence-corrected chi connectivity index (χ0v) is 11.6. The van der Waals surface area contributed by atoms with Crippen molar-refractivity contribution in [2.75, 3.05) is 31.6 Å². The Morgan fingerprint density at radius 2 is 2.05 bits per heavy atom. The first-order chi connectivity index (χ1) is 8.97. The minimum Gasteiger partial charge on any atom is -0.347 e. The van der Waals surface area contributed by atoms with Crippen LogP contribution in [0.3, 0.4) is 0 Å². The number of amides is 1. The molecule has 1 amide bonds. The Kier molecular flexibility index (Phi) is 3.87. The molecule has 0 atom stereocenters. The maximum absolute atomic E-state index is 11.9. The van der Waals surface area contributed by atoms with E-state index in [1.807, 2.05) is 18.7 Å². The summed E-state index contributed by atoms with van der Waals surface area (Å²) in [6, 6.07) is 1.46. The van der Waals surface area contributed by atoms with Crippen LogP contribution in [0.1, 0.15) is 32.0 Å². The van der Waals surface area contributed by atoms with Crippen LogP contribution in [0, 0.1) is 0 Å². The molecule has 0 radical (unpaired) electrons. The van der Waals surface area contributed by atoms with Crippen molar-refractivity contribution in [3.05, 3.63) is 22.2 Å². The van der Waals surface area contributed by atoms with Crippen LogP contribution in [-0.2, 0) is 4.79 Å². The predicted molar refractivity (Wildman–Crippen MR) is 73.4 cm³/mol. The summed E-state index contributed by atoms with van der Waals surface area (Å²) in [7, 11) is 1.80. The van der Waals surface area contributed by atoms with Gasteiger partial charge in [-0.1, -0.05) is 13.8 Å². The van der Waals surface area contributed by atoms with Crippen LogP contribution < -0.4 is 10.5 Å². The Bertz CT molecular complexity index is 524. The van der Waals surface area contributed by atoms with Gasteiger partial charge < -0.3 is 14.8 Å². The average molecular weight is 264 g/mol. The number of nitrogens with zero attached hydrogens (tertiary/aromatic N) is 3. The first-order valence-corrected chi connectivity index (χ1v) is 6.57. The Morgan fingerprint density at radius 3 is 2.74 bits per heavy atom. The lowest BCUT2D eigenvalue weighted by molar-refractivity contribution is -0.127. The van der Waals surface area contributed by atoms with E-state index < -0.39 is 0 Å². The van der Waals surface area contributed by atoms with E-state index in [9.17, 15) is 9.59 Å². The maximum atomic E-state index is 11.9. The molecule has 1 aliphatic heterocycles. The maximum Gasteiger partial charge on any atom is 0.252 e. The van der Waals surface area contributed by atoms with E-state index in [2.05, 4.69) is 9.97 Å². The smallest absolute Gasteiger partial charge is 0.252 e. The van der Waals surface area contributed by atoms with E-state index in [1.54, 1.807) is 11.9 Å². The van der Waals surface area contributed by atoms with E-state index >= 15 is 0 Å². The third kappa shape index (κ3) is 3.13. The van der Waals surface area contributed by atoms with Crippen LogP contribution in [0.2, 0.25) is 0 Å². The molecule has 6 heteroatoms. The third-order valence-electron chi connectivity index (χ3n) is 3.29. The van der Waals surface area contributed by atoms with E-state index in [-0.39, 0.29) is 23.9 Å². The third-order valence-corrected chi connectivity index (χ3v) is 3.29. The molecule has 0 spiro atoms. The summed E-state index contributed by atoms with van der Waals surface area (Å²) in [6.45, 7) is 5.72. The molecule has 0 saturated carbocycles. The van der Waals surface area contributed by atoms with Crippen molar-refractivity contribution in [1.82, 2.24) is 14.9 Å². The van der Waals surface area contributed by atoms with E-state index in [4.69, 9.17) is 0 Å². The van der Waals surface area contributed by atoms with Gasteiger partial charge in [-0.05, 0) is 6.42 Å². The summed E-state index contributed by atoms with van der Waals surface area (Å²) in [5, 5.41) is 0. The van der Waals surface area contributed by atoms with Gasteiger partial charge in [-0.2, -0.15) is 0 Å². The van der Waals surface area contributed by atoms with Gasteiger partial charge in [0.25, 0.3) is 5.56 Å². The molecule has 104 valence electrons. The summed E-state index contributed by atoms with van der Waals surface area (Å²) in [6.07, 6.45) is 0.883. The van der Waals surface area contributed by atoms with Crippen molar-refractivity contribution < 1.29 is 4.79 Å². The summed E-state index contributed by atoms with van der Waals surface area (Å²) < 4.78 is 0. The summed E-state index contributed by atoms with van der Waals surface area (Å²) in [5.41, 5.74) is -0.168. The SMILES string of the molecule is CC(C)c1nc(N2CCCN(C)C(=O)C2)cc(=O)[nH]1. The molecular weight excluding hydrogens is 244 g/mol. The Morgan fingerprint density at radius 1 is 1.32 bits per heavy atom. The highest BCUT2D eigenvalue weighted by molar-refractivity contribution is 5.81. The fourth-order valence-corrected chi connectivity index (χ4v) is 2.08. The lowest BCUT2D eigenvalue weighted by atomic mass is 10.2. The van der Waals surface area contributed by atoms with Crippen LogP contribution in [0.5, 0.6) is 0 Å². The quantitative estimate of drug-likeness (QED) is 0.847. The topological polar surface area (TPSA) is 69.3 Å². The lowest BCUT2D eigenvalue weighted by Gasteiger charge is -2.21. The fraction of sp³-hybridized carbons (Fsp3) is 0.615. The minimum atomic E-state index is -0.168. The number of carbonyl (C=O) groups excluding carboxylic acids is 1. The minimum absolute atomic E-state index is 0.0608. The number of nitrogens with one attached hydrogen (secondary N) is 1. The van der Waals surface area contributed by atoms with Gasteiger partial charge in [-0.15, -0.1) is 0 Å². The molecule has 1 aromatic heterocycles. The Balaban J connectivity index is 2.30. The van der Waals surface area contributed by atoms with Gasteiger partial charge in [0.1, 0.15) is 11.6 Å². The normalized spacial score (nSPS) is 16.9. The van der Waals surface area contributed by atoms with Crippen LogP contribution in [0.4, 0.5) is 5.82 Å². The lowest BCUT2D eigenvalue weighted by Crippen LogP contribution is -2.35. The number of hydrogen-bond donors (Lipinski definition) is 1. The Labute approximate surface area is 112 Å². The number of likely N-dealkylation sites (N-methyl/N-ethyl adjacent to an activating group) is 1. The van der Waals surface area contributed by atoms with Crippen LogP contribution >= 0.6 is 0 Å². The van der Waals surface area contributed by atoms with Gasteiger partial charge in [0.2, 0.25) is 5.91 Å². The average Bonchev–Trinajstić information content (AvgIpc) is 2.51. The molecule has 2 heterocycles. The summed E-state index contributed by atoms with van der Waals surface area (Å²) in [4.78, 5) is 34.3. The molecule has 2 rings (SSSR count). The molecule has 0 unspecified atom stereocenters. The first kappa shape index (κ1) is 13.6. The van der Waals surface area contributed by atoms with Gasteiger partial charge in [0.15, 0.2) is 0 Å². The van der Waals surface area contributed by atoms with Crippen molar-refractivity contribution in [1.29, 1.82) is 0 Å². The number of anilines is 1. The van der Waals surface area contributed by atoms with E-state index in [1.165, 1.54) is 6.07 Å². The molecule has 1 aliphatic rings. The number of rotatable bonds is 2. The molecule has 6 nitrogen and oxygen atoms in total. The molecule has 0 aromatic carbocycles. The first-order valence-electron chi connectivity index (χ1n) is 6.57. The second-order valence-electron chi connectivity index (χ2n) is 5.23.